The summed E-state index contributed by atoms with van der Waals surface area (Å²) < 4.78 is 20.1. The molecule has 3 aromatic carbocycles. The third-order valence-electron chi connectivity index (χ3n) is 4.92. The molecule has 3 rings (SSSR count). The van der Waals surface area contributed by atoms with Crippen LogP contribution in [0.25, 0.3) is 0 Å². The van der Waals surface area contributed by atoms with Crippen LogP contribution in [0.4, 0.5) is 0 Å². The fourth-order valence-electron chi connectivity index (χ4n) is 3.02. The number of hydrogen-bond acceptors (Lipinski definition) is 9. The van der Waals surface area contributed by atoms with Crippen LogP contribution in [-0.2, 0) is 6.42 Å². The van der Waals surface area contributed by atoms with E-state index < -0.39 is 0 Å². The van der Waals surface area contributed by atoms with E-state index in [1.165, 1.54) is 45.6 Å². The highest BCUT2D eigenvalue weighted by Gasteiger charge is 2.09. The van der Waals surface area contributed by atoms with Crippen molar-refractivity contribution in [1.29, 1.82) is 0 Å². The summed E-state index contributed by atoms with van der Waals surface area (Å²) in [5.41, 5.74) is 2.17. The Morgan fingerprint density at radius 3 is 1.72 bits per heavy atom. The van der Waals surface area contributed by atoms with E-state index in [4.69, 9.17) is 24.1 Å². The van der Waals surface area contributed by atoms with Gasteiger partial charge < -0.3 is 29.2 Å². The van der Waals surface area contributed by atoms with Crippen LogP contribution < -0.4 is 18.9 Å². The van der Waals surface area contributed by atoms with E-state index in [2.05, 4.69) is 13.2 Å². The molecule has 0 heterocycles. The first-order chi connectivity index (χ1) is 18.8. The predicted octanol–water partition coefficient (Wildman–Crippen LogP) is 5.23. The number of carbonyl (C=O) groups excluding carboxylic acids is 3. The molecule has 0 radical (unpaired) electrons. The van der Waals surface area contributed by atoms with Gasteiger partial charge in [0.2, 0.25) is 0 Å². The first-order valence-corrected chi connectivity index (χ1v) is 11.5. The van der Waals surface area contributed by atoms with Gasteiger partial charge in [-0.3, -0.25) is 14.4 Å². The Kier molecular flexibility index (Phi) is 14.3. The SMILES string of the molecule is C=CCOc1ccc(C=O)cc1OC.C=CCc1cc(C=O)cc(OC)c1O.COc1cc(C=O)ccc1O. The summed E-state index contributed by atoms with van der Waals surface area (Å²) in [5, 5.41) is 18.7. The van der Waals surface area contributed by atoms with Crippen LogP contribution in [0, 0.1) is 0 Å². The third-order valence-corrected chi connectivity index (χ3v) is 4.92. The van der Waals surface area contributed by atoms with E-state index in [9.17, 15) is 19.5 Å². The zero-order valence-electron chi connectivity index (χ0n) is 22.1. The minimum atomic E-state index is 0.0399. The number of methoxy groups -OCH3 is 3. The summed E-state index contributed by atoms with van der Waals surface area (Å²) >= 11 is 0. The van der Waals surface area contributed by atoms with Crippen molar-refractivity contribution in [2.75, 3.05) is 27.9 Å². The van der Waals surface area contributed by atoms with Crippen molar-refractivity contribution in [2.24, 2.45) is 0 Å². The van der Waals surface area contributed by atoms with Gasteiger partial charge in [-0.15, -0.1) is 6.58 Å². The predicted molar refractivity (Wildman–Crippen MR) is 148 cm³/mol. The lowest BCUT2D eigenvalue weighted by Gasteiger charge is -2.08. The lowest BCUT2D eigenvalue weighted by Crippen LogP contribution is -1.96. The van der Waals surface area contributed by atoms with Gasteiger partial charge in [0, 0.05) is 22.3 Å². The van der Waals surface area contributed by atoms with E-state index in [0.717, 1.165) is 6.29 Å². The second-order valence-corrected chi connectivity index (χ2v) is 7.52. The molecule has 9 nitrogen and oxygen atoms in total. The van der Waals surface area contributed by atoms with Crippen molar-refractivity contribution in [3.63, 3.8) is 0 Å². The van der Waals surface area contributed by atoms with E-state index in [-0.39, 0.29) is 11.5 Å². The largest absolute Gasteiger partial charge is 0.504 e. The lowest BCUT2D eigenvalue weighted by molar-refractivity contribution is 0.111. The van der Waals surface area contributed by atoms with Gasteiger partial charge in [0.25, 0.3) is 0 Å². The molecule has 0 bridgehead atoms. The Morgan fingerprint density at radius 1 is 0.667 bits per heavy atom. The van der Waals surface area contributed by atoms with E-state index in [1.54, 1.807) is 36.4 Å². The Morgan fingerprint density at radius 2 is 1.21 bits per heavy atom. The Bertz CT molecular complexity index is 1270. The van der Waals surface area contributed by atoms with Crippen LogP contribution in [0.2, 0.25) is 0 Å². The molecule has 0 aliphatic rings. The first kappa shape index (κ1) is 32.0. The number of aromatic hydroxyl groups is 2. The van der Waals surface area contributed by atoms with Crippen molar-refractivity contribution in [3.8, 4) is 34.5 Å². The van der Waals surface area contributed by atoms with Crippen LogP contribution in [-0.4, -0.2) is 57.0 Å². The number of carbonyl (C=O) groups is 3. The normalized spacial score (nSPS) is 9.31. The zero-order valence-corrected chi connectivity index (χ0v) is 22.1. The highest BCUT2D eigenvalue weighted by atomic mass is 16.5. The number of hydrogen-bond donors (Lipinski definition) is 2. The molecule has 0 aromatic heterocycles. The number of rotatable bonds is 11. The van der Waals surface area contributed by atoms with Gasteiger partial charge in [0.05, 0.1) is 21.3 Å². The second kappa shape index (κ2) is 17.4. The van der Waals surface area contributed by atoms with Gasteiger partial charge in [-0.1, -0.05) is 18.7 Å². The van der Waals surface area contributed by atoms with Crippen molar-refractivity contribution in [2.45, 2.75) is 6.42 Å². The van der Waals surface area contributed by atoms with Gasteiger partial charge in [-0.05, 0) is 55.0 Å². The van der Waals surface area contributed by atoms with Gasteiger partial charge >= 0.3 is 0 Å². The maximum Gasteiger partial charge on any atom is 0.161 e. The summed E-state index contributed by atoms with van der Waals surface area (Å²) in [6, 6.07) is 12.5. The first-order valence-electron chi connectivity index (χ1n) is 11.5. The molecule has 9 heteroatoms. The topological polar surface area (TPSA) is 129 Å². The van der Waals surface area contributed by atoms with Crippen LogP contribution in [0.5, 0.6) is 34.5 Å². The molecule has 2 N–H and O–H groups in total. The smallest absolute Gasteiger partial charge is 0.161 e. The number of allylic oxidation sites excluding steroid dienone is 1. The average molecular weight is 537 g/mol. The summed E-state index contributed by atoms with van der Waals surface area (Å²) in [6.45, 7) is 7.52. The molecule has 0 unspecified atom stereocenters. The molecular formula is C30H32O9. The summed E-state index contributed by atoms with van der Waals surface area (Å²) in [4.78, 5) is 31.3. The average Bonchev–Trinajstić information content (AvgIpc) is 2.98. The van der Waals surface area contributed by atoms with Crippen LogP contribution in [0.1, 0.15) is 36.6 Å². The standard InChI is InChI=1S/2C11H12O3.C8H8O3/c1-3-6-14-10-5-4-9(8-12)7-11(10)13-2;1-3-4-9-5-8(7-12)6-10(14-2)11(9)13;1-11-8-4-6(5-9)2-3-7(8)10/h3-5,7-8H,1,6H2,2H3;3,5-7,13H,1,4H2,2H3;2-5,10H,1H3. The minimum Gasteiger partial charge on any atom is -0.504 e. The number of phenolic OH excluding ortho intramolecular Hbond substituents is 2. The summed E-state index contributed by atoms with van der Waals surface area (Å²) in [5.74, 6) is 1.90. The molecule has 0 aliphatic heterocycles. The fraction of sp³-hybridized carbons (Fsp3) is 0.167. The van der Waals surface area contributed by atoms with Gasteiger partial charge in [-0.25, -0.2) is 0 Å². The monoisotopic (exact) mass is 536 g/mol. The van der Waals surface area contributed by atoms with Crippen molar-refractivity contribution in [1.82, 2.24) is 0 Å². The number of phenols is 2. The van der Waals surface area contributed by atoms with Crippen LogP contribution in [0.3, 0.4) is 0 Å². The second-order valence-electron chi connectivity index (χ2n) is 7.52. The minimum absolute atomic E-state index is 0.0399. The van der Waals surface area contributed by atoms with Gasteiger partial charge in [-0.2, -0.15) is 0 Å². The molecule has 0 fully saturated rings. The fourth-order valence-corrected chi connectivity index (χ4v) is 3.02. The summed E-state index contributed by atoms with van der Waals surface area (Å²) in [6.07, 6.45) is 5.98. The Hall–Kier alpha value is -5.05. The van der Waals surface area contributed by atoms with Crippen molar-refractivity contribution >= 4 is 18.9 Å². The van der Waals surface area contributed by atoms with Crippen molar-refractivity contribution in [3.05, 3.63) is 96.1 Å². The van der Waals surface area contributed by atoms with E-state index in [1.807, 2.05) is 0 Å². The molecular weight excluding hydrogens is 504 g/mol. The quantitative estimate of drug-likeness (QED) is 0.250. The third kappa shape index (κ3) is 10.1. The molecule has 3 aromatic rings. The van der Waals surface area contributed by atoms with Gasteiger partial charge in [0.15, 0.2) is 34.5 Å². The van der Waals surface area contributed by atoms with Gasteiger partial charge in [0.1, 0.15) is 25.5 Å². The molecule has 206 valence electrons. The zero-order chi connectivity index (χ0) is 29.2. The highest BCUT2D eigenvalue weighted by Crippen LogP contribution is 2.31. The van der Waals surface area contributed by atoms with Crippen LogP contribution in [0.15, 0.2) is 73.8 Å². The molecule has 0 spiro atoms. The molecule has 0 atom stereocenters. The molecule has 0 saturated heterocycles. The molecule has 0 aliphatic carbocycles. The van der Waals surface area contributed by atoms with Crippen molar-refractivity contribution < 1.29 is 43.5 Å². The highest BCUT2D eigenvalue weighted by molar-refractivity contribution is 5.78. The Balaban J connectivity index is 0.000000295. The Labute approximate surface area is 227 Å². The number of ether oxygens (including phenoxy) is 4. The van der Waals surface area contributed by atoms with E-state index >= 15 is 0 Å². The maximum atomic E-state index is 10.6. The molecule has 0 amide bonds. The maximum absolute atomic E-state index is 10.6. The molecule has 39 heavy (non-hydrogen) atoms. The summed E-state index contributed by atoms with van der Waals surface area (Å²) in [7, 11) is 4.41. The molecule has 0 saturated carbocycles. The number of aldehydes is 3. The number of benzene rings is 3. The van der Waals surface area contributed by atoms with E-state index in [0.29, 0.717) is 70.9 Å². The lowest BCUT2D eigenvalue weighted by atomic mass is 10.1. The van der Waals surface area contributed by atoms with Crippen LogP contribution >= 0.6 is 0 Å².